The van der Waals surface area contributed by atoms with Crippen LogP contribution in [0.15, 0.2) is 25.5 Å². The lowest BCUT2D eigenvalue weighted by molar-refractivity contribution is -0.242. The Bertz CT molecular complexity index is 273. The van der Waals surface area contributed by atoms with Crippen LogP contribution in [0.1, 0.15) is 20.8 Å². The highest BCUT2D eigenvalue weighted by Gasteiger charge is 2.22. The van der Waals surface area contributed by atoms with Gasteiger partial charge in [0.25, 0.3) is 0 Å². The molecule has 0 N–H and O–H groups in total. The molecule has 0 aliphatic carbocycles. The average molecular weight is 258 g/mol. The Morgan fingerprint density at radius 2 is 2.00 bits per heavy atom. The largest absolute Gasteiger partial charge is 0.499 e. The van der Waals surface area contributed by atoms with Crippen LogP contribution < -0.4 is 0 Å². The van der Waals surface area contributed by atoms with Crippen LogP contribution in [0, 0.1) is 0 Å². The minimum Gasteiger partial charge on any atom is -0.499 e. The fourth-order valence-electron chi connectivity index (χ4n) is 1.23. The second kappa shape index (κ2) is 8.72. The Hall–Kier alpha value is -1.33. The van der Waals surface area contributed by atoms with Crippen LogP contribution in [0.25, 0.3) is 0 Å². The van der Waals surface area contributed by atoms with E-state index >= 15 is 0 Å². The molecule has 104 valence electrons. The molecule has 0 heterocycles. The van der Waals surface area contributed by atoms with Crippen molar-refractivity contribution in [1.82, 2.24) is 0 Å². The van der Waals surface area contributed by atoms with E-state index in [0.29, 0.717) is 13.2 Å². The van der Waals surface area contributed by atoms with Gasteiger partial charge in [0, 0.05) is 6.08 Å². The molecule has 1 atom stereocenters. The minimum atomic E-state index is -0.773. The second-order valence-electron chi connectivity index (χ2n) is 4.05. The van der Waals surface area contributed by atoms with Gasteiger partial charge in [-0.1, -0.05) is 13.2 Å². The zero-order valence-electron chi connectivity index (χ0n) is 11.3. The van der Waals surface area contributed by atoms with E-state index in [-0.39, 0.29) is 12.7 Å². The summed E-state index contributed by atoms with van der Waals surface area (Å²) in [5.41, 5.74) is 0. The van der Waals surface area contributed by atoms with Crippen LogP contribution in [0.3, 0.4) is 0 Å². The van der Waals surface area contributed by atoms with E-state index in [1.165, 1.54) is 6.26 Å². The van der Waals surface area contributed by atoms with E-state index in [1.807, 2.05) is 0 Å². The molecular weight excluding hydrogens is 236 g/mol. The SMILES string of the molecule is C=COCCOC(C)(C)OC(C)COC(=O)C=C. The number of hydrogen-bond donors (Lipinski definition) is 0. The van der Waals surface area contributed by atoms with Gasteiger partial charge >= 0.3 is 5.97 Å². The fraction of sp³-hybridized carbons (Fsp3) is 0.615. The van der Waals surface area contributed by atoms with E-state index in [4.69, 9.17) is 18.9 Å². The van der Waals surface area contributed by atoms with E-state index in [9.17, 15) is 4.79 Å². The highest BCUT2D eigenvalue weighted by molar-refractivity contribution is 5.81. The van der Waals surface area contributed by atoms with Crippen LogP contribution >= 0.6 is 0 Å². The Morgan fingerprint density at radius 3 is 2.56 bits per heavy atom. The van der Waals surface area contributed by atoms with Crippen molar-refractivity contribution >= 4 is 5.97 Å². The first kappa shape index (κ1) is 16.7. The van der Waals surface area contributed by atoms with E-state index in [0.717, 1.165) is 6.08 Å². The summed E-state index contributed by atoms with van der Waals surface area (Å²) in [5, 5.41) is 0. The minimum absolute atomic E-state index is 0.154. The van der Waals surface area contributed by atoms with Crippen molar-refractivity contribution in [3.8, 4) is 0 Å². The van der Waals surface area contributed by atoms with Crippen molar-refractivity contribution in [3.63, 3.8) is 0 Å². The summed E-state index contributed by atoms with van der Waals surface area (Å²) in [7, 11) is 0. The molecule has 0 rings (SSSR count). The number of rotatable bonds is 10. The van der Waals surface area contributed by atoms with Crippen molar-refractivity contribution in [1.29, 1.82) is 0 Å². The highest BCUT2D eigenvalue weighted by Crippen LogP contribution is 2.14. The molecule has 0 radical (unpaired) electrons. The lowest BCUT2D eigenvalue weighted by Crippen LogP contribution is -2.35. The molecular formula is C13H22O5. The predicted octanol–water partition coefficient (Wildman–Crippen LogP) is 2.03. The third-order valence-corrected chi connectivity index (χ3v) is 1.88. The first-order valence-corrected chi connectivity index (χ1v) is 5.74. The predicted molar refractivity (Wildman–Crippen MR) is 67.9 cm³/mol. The van der Waals surface area contributed by atoms with E-state index < -0.39 is 11.8 Å². The van der Waals surface area contributed by atoms with Gasteiger partial charge in [0.05, 0.1) is 19.0 Å². The standard InChI is InChI=1S/C13H22O5/c1-6-12(14)16-10-11(3)18-13(4,5)17-9-8-15-7-2/h6-7,11H,1-2,8-10H2,3-5H3. The molecule has 0 bridgehead atoms. The zero-order valence-corrected chi connectivity index (χ0v) is 11.3. The number of hydrogen-bond acceptors (Lipinski definition) is 5. The van der Waals surface area contributed by atoms with Gasteiger partial charge in [-0.15, -0.1) is 0 Å². The third kappa shape index (κ3) is 8.78. The molecule has 5 nitrogen and oxygen atoms in total. The van der Waals surface area contributed by atoms with Gasteiger partial charge in [0.15, 0.2) is 5.79 Å². The summed E-state index contributed by atoms with van der Waals surface area (Å²) in [6, 6.07) is 0. The van der Waals surface area contributed by atoms with Gasteiger partial charge in [-0.25, -0.2) is 4.79 Å². The van der Waals surface area contributed by atoms with Gasteiger partial charge < -0.3 is 18.9 Å². The maximum absolute atomic E-state index is 10.9. The number of carbonyl (C=O) groups is 1. The maximum atomic E-state index is 10.9. The van der Waals surface area contributed by atoms with Crippen LogP contribution in [0.5, 0.6) is 0 Å². The molecule has 0 fully saturated rings. The van der Waals surface area contributed by atoms with Crippen molar-refractivity contribution in [2.75, 3.05) is 19.8 Å². The van der Waals surface area contributed by atoms with Gasteiger partial charge in [-0.05, 0) is 20.8 Å². The van der Waals surface area contributed by atoms with Gasteiger partial charge in [-0.3, -0.25) is 0 Å². The molecule has 0 saturated heterocycles. The Morgan fingerprint density at radius 1 is 1.33 bits per heavy atom. The molecule has 0 saturated carbocycles. The third-order valence-electron chi connectivity index (χ3n) is 1.88. The monoisotopic (exact) mass is 258 g/mol. The molecule has 0 aliphatic heterocycles. The van der Waals surface area contributed by atoms with Gasteiger partial charge in [0.1, 0.15) is 13.2 Å². The van der Waals surface area contributed by atoms with Crippen molar-refractivity contribution in [2.24, 2.45) is 0 Å². The molecule has 0 aromatic rings. The summed E-state index contributed by atoms with van der Waals surface area (Å²) in [6.07, 6.45) is 2.19. The molecule has 0 aliphatic rings. The fourth-order valence-corrected chi connectivity index (χ4v) is 1.23. The molecule has 0 aromatic carbocycles. The molecule has 5 heteroatoms. The summed E-state index contributed by atoms with van der Waals surface area (Å²) >= 11 is 0. The first-order chi connectivity index (χ1) is 8.41. The highest BCUT2D eigenvalue weighted by atomic mass is 16.7. The second-order valence-corrected chi connectivity index (χ2v) is 4.05. The number of carbonyl (C=O) groups excluding carboxylic acids is 1. The van der Waals surface area contributed by atoms with Crippen molar-refractivity contribution in [3.05, 3.63) is 25.5 Å². The summed E-state index contributed by atoms with van der Waals surface area (Å²) < 4.78 is 20.9. The summed E-state index contributed by atoms with van der Waals surface area (Å²) in [4.78, 5) is 10.9. The van der Waals surface area contributed by atoms with Crippen LogP contribution in [-0.2, 0) is 23.7 Å². The average Bonchev–Trinajstić information content (AvgIpc) is 2.31. The molecule has 0 amide bonds. The lowest BCUT2D eigenvalue weighted by Gasteiger charge is -2.29. The van der Waals surface area contributed by atoms with Crippen molar-refractivity contribution < 1.29 is 23.7 Å². The topological polar surface area (TPSA) is 54.0 Å². The quantitative estimate of drug-likeness (QED) is 0.197. The zero-order chi connectivity index (χ0) is 14.0. The number of ether oxygens (including phenoxy) is 4. The molecule has 18 heavy (non-hydrogen) atoms. The molecule has 1 unspecified atom stereocenters. The Kier molecular flexibility index (Phi) is 8.07. The smallest absolute Gasteiger partial charge is 0.330 e. The van der Waals surface area contributed by atoms with E-state index in [1.54, 1.807) is 20.8 Å². The lowest BCUT2D eigenvalue weighted by atomic mass is 10.3. The first-order valence-electron chi connectivity index (χ1n) is 5.74. The molecule has 0 spiro atoms. The van der Waals surface area contributed by atoms with Crippen LogP contribution in [-0.4, -0.2) is 37.7 Å². The molecule has 0 aromatic heterocycles. The van der Waals surface area contributed by atoms with E-state index in [2.05, 4.69) is 13.2 Å². The Labute approximate surface area is 108 Å². The van der Waals surface area contributed by atoms with Crippen LogP contribution in [0.2, 0.25) is 0 Å². The van der Waals surface area contributed by atoms with Crippen LogP contribution in [0.4, 0.5) is 0 Å². The maximum Gasteiger partial charge on any atom is 0.330 e. The van der Waals surface area contributed by atoms with Crippen molar-refractivity contribution in [2.45, 2.75) is 32.7 Å². The van der Waals surface area contributed by atoms with Gasteiger partial charge in [-0.2, -0.15) is 0 Å². The number of esters is 1. The summed E-state index contributed by atoms with van der Waals surface area (Å²) in [6.45, 7) is 13.1. The Balaban J connectivity index is 3.87. The van der Waals surface area contributed by atoms with Gasteiger partial charge in [0.2, 0.25) is 0 Å². The normalized spacial score (nSPS) is 12.6. The summed E-state index contributed by atoms with van der Waals surface area (Å²) in [5.74, 6) is -1.24.